The second-order valence-corrected chi connectivity index (χ2v) is 11.3. The van der Waals surface area contributed by atoms with E-state index in [-0.39, 0.29) is 47.3 Å². The summed E-state index contributed by atoms with van der Waals surface area (Å²) < 4.78 is 63.3. The number of nitrogens with one attached hydrogen (secondary N) is 2. The minimum Gasteiger partial charge on any atom is -0.484 e. The van der Waals surface area contributed by atoms with E-state index in [0.29, 0.717) is 35.6 Å². The standard InChI is InChI=1S/C26H24Cl2F4N2O4/c27-14-1-4-21-16(5-14)19(33-13-26(30,31)32)7-22(38-21)20(35)8-24-10-25(11-24,12-24)34-23(36)9-37-15-2-3-17(28)18(29)6-15/h1-6,19,22,33H,7-13H2,(H,34,36). The van der Waals surface area contributed by atoms with Crippen LogP contribution in [0.4, 0.5) is 17.6 Å². The Morgan fingerprint density at radius 3 is 2.53 bits per heavy atom. The van der Waals surface area contributed by atoms with Crippen molar-refractivity contribution in [3.8, 4) is 11.5 Å². The molecule has 3 saturated carbocycles. The molecule has 0 saturated heterocycles. The van der Waals surface area contributed by atoms with Crippen LogP contribution in [0.15, 0.2) is 36.4 Å². The van der Waals surface area contributed by atoms with Gasteiger partial charge in [0.1, 0.15) is 17.3 Å². The van der Waals surface area contributed by atoms with E-state index < -0.39 is 36.2 Å². The van der Waals surface area contributed by atoms with Crippen LogP contribution in [-0.4, -0.2) is 42.7 Å². The number of hydrogen-bond donors (Lipinski definition) is 2. The molecule has 1 aliphatic heterocycles. The first-order chi connectivity index (χ1) is 17.8. The van der Waals surface area contributed by atoms with E-state index in [1.165, 1.54) is 12.1 Å². The van der Waals surface area contributed by atoms with Gasteiger partial charge in [-0.25, -0.2) is 4.39 Å². The molecule has 2 N–H and O–H groups in total. The molecule has 6 nitrogen and oxygen atoms in total. The lowest BCUT2D eigenvalue weighted by Gasteiger charge is -2.70. The van der Waals surface area contributed by atoms with Gasteiger partial charge in [-0.15, -0.1) is 0 Å². The Hall–Kier alpha value is -2.56. The van der Waals surface area contributed by atoms with Gasteiger partial charge in [0.05, 0.1) is 11.6 Å². The molecule has 6 rings (SSSR count). The molecule has 2 aromatic carbocycles. The summed E-state index contributed by atoms with van der Waals surface area (Å²) >= 11 is 11.7. The molecule has 3 aliphatic carbocycles. The maximum Gasteiger partial charge on any atom is 0.401 e. The number of hydrogen-bond acceptors (Lipinski definition) is 5. The number of rotatable bonds is 9. The summed E-state index contributed by atoms with van der Waals surface area (Å²) in [6.45, 7) is -1.49. The smallest absolute Gasteiger partial charge is 0.401 e. The molecular formula is C26H24Cl2F4N2O4. The largest absolute Gasteiger partial charge is 0.484 e. The van der Waals surface area contributed by atoms with E-state index in [4.69, 9.17) is 32.7 Å². The normalized spacial score (nSPS) is 27.3. The zero-order valence-electron chi connectivity index (χ0n) is 20.0. The fraction of sp³-hybridized carbons (Fsp3) is 0.462. The monoisotopic (exact) mass is 574 g/mol. The first-order valence-corrected chi connectivity index (χ1v) is 12.8. The highest BCUT2D eigenvalue weighted by atomic mass is 35.5. The molecule has 2 unspecified atom stereocenters. The molecule has 4 aliphatic rings. The van der Waals surface area contributed by atoms with E-state index >= 15 is 0 Å². The summed E-state index contributed by atoms with van der Waals surface area (Å²) in [4.78, 5) is 25.5. The Bertz CT molecular complexity index is 1250. The van der Waals surface area contributed by atoms with Crippen LogP contribution in [0.2, 0.25) is 10.0 Å². The summed E-state index contributed by atoms with van der Waals surface area (Å²) in [6, 6.07) is 7.84. The van der Waals surface area contributed by atoms with Crippen LogP contribution < -0.4 is 20.1 Å². The number of alkyl halides is 3. The molecule has 2 bridgehead atoms. The third-order valence-corrected chi connectivity index (χ3v) is 7.87. The first kappa shape index (κ1) is 27.0. The van der Waals surface area contributed by atoms with Gasteiger partial charge in [-0.05, 0) is 55.0 Å². The van der Waals surface area contributed by atoms with Crippen LogP contribution in [0.1, 0.15) is 43.7 Å². The Morgan fingerprint density at radius 1 is 1.11 bits per heavy atom. The second-order valence-electron chi connectivity index (χ2n) is 10.4. The SMILES string of the molecule is O=C(COc1ccc(Cl)c(F)c1)NC12CC(CC(=O)C3CC(NCC(F)(F)F)c4cc(Cl)ccc4O3)(C1)C2. The molecule has 204 valence electrons. The topological polar surface area (TPSA) is 76.7 Å². The highest BCUT2D eigenvalue weighted by Gasteiger charge is 2.68. The number of carbonyl (C=O) groups excluding carboxylic acids is 2. The van der Waals surface area contributed by atoms with E-state index in [1.807, 2.05) is 0 Å². The summed E-state index contributed by atoms with van der Waals surface area (Å²) in [5.41, 5.74) is -0.177. The van der Waals surface area contributed by atoms with Crippen molar-refractivity contribution < 1.29 is 36.6 Å². The Labute approximate surface area is 225 Å². The molecular weight excluding hydrogens is 551 g/mol. The molecule has 0 radical (unpaired) electrons. The number of ketones is 1. The predicted octanol–water partition coefficient (Wildman–Crippen LogP) is 5.55. The Kier molecular flexibility index (Phi) is 7.02. The Balaban J connectivity index is 1.13. The van der Waals surface area contributed by atoms with Gasteiger partial charge in [-0.2, -0.15) is 13.2 Å². The molecule has 1 amide bonds. The highest BCUT2D eigenvalue weighted by molar-refractivity contribution is 6.31. The third kappa shape index (κ3) is 5.72. The van der Waals surface area contributed by atoms with Crippen molar-refractivity contribution in [1.29, 1.82) is 0 Å². The van der Waals surface area contributed by atoms with Crippen molar-refractivity contribution in [2.75, 3.05) is 13.2 Å². The molecule has 1 heterocycles. The number of halogens is 6. The van der Waals surface area contributed by atoms with Crippen LogP contribution in [-0.2, 0) is 9.59 Å². The predicted molar refractivity (Wildman–Crippen MR) is 131 cm³/mol. The van der Waals surface area contributed by atoms with Crippen molar-refractivity contribution in [1.82, 2.24) is 10.6 Å². The van der Waals surface area contributed by atoms with Gasteiger partial charge < -0.3 is 20.1 Å². The summed E-state index contributed by atoms with van der Waals surface area (Å²) in [5.74, 6) is -0.671. The van der Waals surface area contributed by atoms with Crippen LogP contribution in [0, 0.1) is 11.2 Å². The van der Waals surface area contributed by atoms with Crippen molar-refractivity contribution >= 4 is 34.9 Å². The van der Waals surface area contributed by atoms with E-state index in [2.05, 4.69) is 10.6 Å². The lowest BCUT2D eigenvalue weighted by Crippen LogP contribution is -2.75. The number of Topliss-reactive ketones (excluding diaryl/α,β-unsaturated/α-hetero) is 1. The third-order valence-electron chi connectivity index (χ3n) is 7.33. The van der Waals surface area contributed by atoms with Crippen molar-refractivity contribution in [3.63, 3.8) is 0 Å². The van der Waals surface area contributed by atoms with Crippen molar-refractivity contribution in [2.24, 2.45) is 5.41 Å². The van der Waals surface area contributed by atoms with Crippen LogP contribution in [0.25, 0.3) is 0 Å². The molecule has 2 atom stereocenters. The fourth-order valence-electron chi connectivity index (χ4n) is 5.92. The molecule has 12 heteroatoms. The van der Waals surface area contributed by atoms with E-state index in [1.54, 1.807) is 18.2 Å². The van der Waals surface area contributed by atoms with Crippen LogP contribution >= 0.6 is 23.2 Å². The van der Waals surface area contributed by atoms with Gasteiger partial charge >= 0.3 is 6.18 Å². The fourth-order valence-corrected chi connectivity index (χ4v) is 6.22. The number of amides is 1. The number of ether oxygens (including phenoxy) is 2. The minimum absolute atomic E-state index is 0.0455. The number of fused-ring (bicyclic) bond motifs is 1. The van der Waals surface area contributed by atoms with Crippen LogP contribution in [0.5, 0.6) is 11.5 Å². The Morgan fingerprint density at radius 2 is 1.84 bits per heavy atom. The van der Waals surface area contributed by atoms with Gasteiger partial charge in [-0.1, -0.05) is 23.2 Å². The lowest BCUT2D eigenvalue weighted by molar-refractivity contribution is -0.175. The number of benzene rings is 2. The van der Waals surface area contributed by atoms with Gasteiger partial charge in [-0.3, -0.25) is 9.59 Å². The molecule has 3 fully saturated rings. The zero-order chi connectivity index (χ0) is 27.3. The van der Waals surface area contributed by atoms with Gasteiger partial charge in [0.2, 0.25) is 0 Å². The van der Waals surface area contributed by atoms with Crippen molar-refractivity contribution in [3.05, 3.63) is 57.8 Å². The molecule has 38 heavy (non-hydrogen) atoms. The molecule has 2 aromatic rings. The summed E-state index contributed by atoms with van der Waals surface area (Å²) in [7, 11) is 0. The first-order valence-electron chi connectivity index (χ1n) is 12.0. The average Bonchev–Trinajstić information content (AvgIpc) is 2.80. The molecule has 0 aromatic heterocycles. The van der Waals surface area contributed by atoms with Crippen LogP contribution in [0.3, 0.4) is 0 Å². The van der Waals surface area contributed by atoms with Crippen molar-refractivity contribution in [2.45, 2.75) is 56.0 Å². The second kappa shape index (κ2) is 9.88. The van der Waals surface area contributed by atoms with Gasteiger partial charge in [0, 0.05) is 41.1 Å². The summed E-state index contributed by atoms with van der Waals surface area (Å²) in [5, 5.41) is 5.74. The zero-order valence-corrected chi connectivity index (χ0v) is 21.5. The number of carbonyl (C=O) groups is 2. The van der Waals surface area contributed by atoms with Gasteiger partial charge in [0.15, 0.2) is 18.5 Å². The average molecular weight is 575 g/mol. The summed E-state index contributed by atoms with van der Waals surface area (Å²) in [6.07, 6.45) is -3.18. The molecule has 0 spiro atoms. The minimum atomic E-state index is -4.41. The van der Waals surface area contributed by atoms with E-state index in [0.717, 1.165) is 6.07 Å². The van der Waals surface area contributed by atoms with Gasteiger partial charge in [0.25, 0.3) is 5.91 Å². The maximum absolute atomic E-state index is 13.5. The lowest BCUT2D eigenvalue weighted by atomic mass is 9.38. The van der Waals surface area contributed by atoms with E-state index in [9.17, 15) is 27.2 Å². The maximum atomic E-state index is 13.5. The highest BCUT2D eigenvalue weighted by Crippen LogP contribution is 2.69. The quantitative estimate of drug-likeness (QED) is 0.384.